The molecule has 1 amide bonds. The Morgan fingerprint density at radius 1 is 1.38 bits per heavy atom. The monoisotopic (exact) mass is 319 g/mol. The highest BCUT2D eigenvalue weighted by Crippen LogP contribution is 2.41. The number of aliphatic hydroxyl groups excluding tert-OH is 2. The van der Waals surface area contributed by atoms with Gasteiger partial charge in [-0.1, -0.05) is 20.8 Å². The quantitative estimate of drug-likeness (QED) is 0.644. The first-order chi connectivity index (χ1) is 9.48. The van der Waals surface area contributed by atoms with Crippen molar-refractivity contribution >= 4 is 14.4 Å². The van der Waals surface area contributed by atoms with Crippen molar-refractivity contribution in [2.75, 3.05) is 13.2 Å². The molecule has 0 aliphatic carbocycles. The highest BCUT2D eigenvalue weighted by molar-refractivity contribution is 6.74. The van der Waals surface area contributed by atoms with Crippen LogP contribution in [-0.2, 0) is 13.9 Å². The van der Waals surface area contributed by atoms with Crippen molar-refractivity contribution in [1.82, 2.24) is 5.32 Å². The fourth-order valence-electron chi connectivity index (χ4n) is 2.19. The Hall–Kier alpha value is -0.673. The molecule has 2 rings (SSSR count). The van der Waals surface area contributed by atoms with Crippen molar-refractivity contribution in [3.8, 4) is 0 Å². The summed E-state index contributed by atoms with van der Waals surface area (Å²) in [5.74, 6) is -1.37. The maximum Gasteiger partial charge on any atom is 0.410 e. The van der Waals surface area contributed by atoms with E-state index in [9.17, 15) is 15.0 Å². The van der Waals surface area contributed by atoms with E-state index >= 15 is 0 Å². The van der Waals surface area contributed by atoms with Crippen LogP contribution >= 0.6 is 0 Å². The Kier molecular flexibility index (Phi) is 4.13. The summed E-state index contributed by atoms with van der Waals surface area (Å²) in [6, 6.07) is 0. The Morgan fingerprint density at radius 3 is 2.48 bits per heavy atom. The summed E-state index contributed by atoms with van der Waals surface area (Å²) in [5, 5.41) is 22.6. The van der Waals surface area contributed by atoms with Crippen molar-refractivity contribution in [2.45, 2.75) is 63.0 Å². The lowest BCUT2D eigenvalue weighted by atomic mass is 9.97. The van der Waals surface area contributed by atoms with Crippen molar-refractivity contribution in [2.24, 2.45) is 0 Å². The predicted molar refractivity (Wildman–Crippen MR) is 77.3 cm³/mol. The number of carbonyl (C=O) groups is 1. The van der Waals surface area contributed by atoms with E-state index in [-0.39, 0.29) is 18.2 Å². The van der Waals surface area contributed by atoms with Crippen molar-refractivity contribution in [3.05, 3.63) is 0 Å². The van der Waals surface area contributed by atoms with Crippen LogP contribution in [0.3, 0.4) is 0 Å². The van der Waals surface area contributed by atoms with E-state index in [4.69, 9.17) is 13.9 Å². The highest BCUT2D eigenvalue weighted by Gasteiger charge is 2.59. The van der Waals surface area contributed by atoms with Crippen molar-refractivity contribution < 1.29 is 28.9 Å². The van der Waals surface area contributed by atoms with Crippen molar-refractivity contribution in [3.63, 3.8) is 0 Å². The number of amides is 1. The molecule has 4 atom stereocenters. The predicted octanol–water partition coefficient (Wildman–Crippen LogP) is 0.565. The second kappa shape index (κ2) is 5.20. The third-order valence-corrected chi connectivity index (χ3v) is 9.06. The van der Waals surface area contributed by atoms with Crippen LogP contribution in [0.25, 0.3) is 0 Å². The molecule has 122 valence electrons. The van der Waals surface area contributed by atoms with Gasteiger partial charge in [-0.3, -0.25) is 0 Å². The summed E-state index contributed by atoms with van der Waals surface area (Å²) in [6.07, 6.45) is -3.76. The van der Waals surface area contributed by atoms with Gasteiger partial charge in [-0.25, -0.2) is 4.79 Å². The molecule has 8 heteroatoms. The molecule has 0 unspecified atom stereocenters. The molecule has 7 nitrogen and oxygen atoms in total. The minimum atomic E-state index is -2.25. The third-order valence-electron chi connectivity index (χ3n) is 4.61. The summed E-state index contributed by atoms with van der Waals surface area (Å²) in [6.45, 7) is 10.2. The second-order valence-corrected chi connectivity index (χ2v) is 12.0. The van der Waals surface area contributed by atoms with E-state index in [1.807, 2.05) is 13.1 Å². The molecule has 2 fully saturated rings. The van der Waals surface area contributed by atoms with Gasteiger partial charge in [-0.05, 0) is 18.1 Å². The van der Waals surface area contributed by atoms with Gasteiger partial charge < -0.3 is 29.4 Å². The number of aliphatic hydroxyl groups is 2. The molecule has 0 aromatic heterocycles. The summed E-state index contributed by atoms with van der Waals surface area (Å²) in [5.41, 5.74) is 0. The van der Waals surface area contributed by atoms with E-state index in [1.54, 1.807) is 0 Å². The minimum Gasteiger partial charge on any atom is -0.412 e. The van der Waals surface area contributed by atoms with Crippen molar-refractivity contribution in [1.29, 1.82) is 0 Å². The van der Waals surface area contributed by atoms with Gasteiger partial charge in [-0.15, -0.1) is 0 Å². The molecule has 3 N–H and O–H groups in total. The highest BCUT2D eigenvalue weighted by atomic mass is 28.4. The van der Waals surface area contributed by atoms with Crippen LogP contribution in [0.1, 0.15) is 20.8 Å². The molecular weight excluding hydrogens is 294 g/mol. The Morgan fingerprint density at radius 2 is 2.00 bits per heavy atom. The number of rotatable bonds is 2. The summed E-state index contributed by atoms with van der Waals surface area (Å²) >= 11 is 0. The zero-order valence-corrected chi connectivity index (χ0v) is 14.2. The lowest BCUT2D eigenvalue weighted by molar-refractivity contribution is -0.298. The van der Waals surface area contributed by atoms with Gasteiger partial charge in [-0.2, -0.15) is 0 Å². The number of hydrogen-bond acceptors (Lipinski definition) is 6. The summed E-state index contributed by atoms with van der Waals surface area (Å²) in [4.78, 5) is 11.4. The molecule has 0 radical (unpaired) electrons. The SMILES string of the molecule is CC(C)(C)[Si](C)(C)O[C@H]1[C@H](O)[C@H](O)CO[C@]12CNC(=O)O2. The minimum absolute atomic E-state index is 0.0909. The summed E-state index contributed by atoms with van der Waals surface area (Å²) in [7, 11) is -2.25. The standard InChI is InChI=1S/C13H25NO6Si/c1-12(2,3)21(4,5)20-10-9(16)8(15)6-18-13(10)7-14-11(17)19-13/h8-10,15-16H,6-7H2,1-5H3,(H,14,17)/t8-,9-,10+,13+/m1/s1. The topological polar surface area (TPSA) is 97.3 Å². The lowest BCUT2D eigenvalue weighted by Crippen LogP contribution is -2.66. The van der Waals surface area contributed by atoms with Crippen LogP contribution in [0.4, 0.5) is 4.79 Å². The van der Waals surface area contributed by atoms with E-state index in [0.717, 1.165) is 0 Å². The first-order valence-electron chi connectivity index (χ1n) is 7.13. The fraction of sp³-hybridized carbons (Fsp3) is 0.923. The van der Waals surface area contributed by atoms with E-state index in [0.29, 0.717) is 0 Å². The average molecular weight is 319 g/mol. The smallest absolute Gasteiger partial charge is 0.410 e. The second-order valence-electron chi connectivity index (χ2n) is 7.22. The van der Waals surface area contributed by atoms with Gasteiger partial charge in [0.05, 0.1) is 13.2 Å². The first kappa shape index (κ1) is 16.7. The molecule has 1 spiro atoms. The molecule has 2 aliphatic rings. The Bertz CT molecular complexity index is 423. The van der Waals surface area contributed by atoms with E-state index in [1.165, 1.54) is 0 Å². The van der Waals surface area contributed by atoms with Crippen LogP contribution in [0, 0.1) is 0 Å². The van der Waals surface area contributed by atoms with Gasteiger partial charge in [0.2, 0.25) is 0 Å². The number of hydrogen-bond donors (Lipinski definition) is 3. The molecule has 0 aromatic carbocycles. The van der Waals surface area contributed by atoms with E-state index < -0.39 is 38.5 Å². The molecule has 2 heterocycles. The molecular formula is C13H25NO6Si. The largest absolute Gasteiger partial charge is 0.412 e. The maximum atomic E-state index is 11.4. The lowest BCUT2D eigenvalue weighted by Gasteiger charge is -2.48. The third kappa shape index (κ3) is 2.95. The van der Waals surface area contributed by atoms with Gasteiger partial charge >= 0.3 is 6.09 Å². The molecule has 2 aliphatic heterocycles. The van der Waals surface area contributed by atoms with Gasteiger partial charge in [0.1, 0.15) is 18.3 Å². The normalized spacial score (nSPS) is 37.5. The zero-order chi connectivity index (χ0) is 16.1. The summed E-state index contributed by atoms with van der Waals surface area (Å²) < 4.78 is 17.0. The zero-order valence-electron chi connectivity index (χ0n) is 13.2. The van der Waals surface area contributed by atoms with Crippen LogP contribution in [0.15, 0.2) is 0 Å². The number of carbonyl (C=O) groups excluding carboxylic acids is 1. The number of nitrogens with one attached hydrogen (secondary N) is 1. The molecule has 21 heavy (non-hydrogen) atoms. The van der Waals surface area contributed by atoms with Gasteiger partial charge in [0.15, 0.2) is 8.32 Å². The number of alkyl carbamates (subject to hydrolysis) is 1. The average Bonchev–Trinajstić information content (AvgIpc) is 2.72. The molecule has 0 aromatic rings. The van der Waals surface area contributed by atoms with Crippen LogP contribution in [-0.4, -0.2) is 61.9 Å². The van der Waals surface area contributed by atoms with Gasteiger partial charge in [0.25, 0.3) is 5.79 Å². The van der Waals surface area contributed by atoms with Crippen LogP contribution < -0.4 is 5.32 Å². The van der Waals surface area contributed by atoms with Crippen LogP contribution in [0.5, 0.6) is 0 Å². The van der Waals surface area contributed by atoms with Crippen LogP contribution in [0.2, 0.25) is 18.1 Å². The maximum absolute atomic E-state index is 11.4. The molecule has 2 saturated heterocycles. The fourth-order valence-corrected chi connectivity index (χ4v) is 3.49. The molecule has 0 saturated carbocycles. The van der Waals surface area contributed by atoms with Gasteiger partial charge in [0, 0.05) is 0 Å². The number of ether oxygens (including phenoxy) is 2. The first-order valence-corrected chi connectivity index (χ1v) is 10.0. The Balaban J connectivity index is 2.28. The Labute approximate surface area is 125 Å². The van der Waals surface area contributed by atoms with E-state index in [2.05, 4.69) is 26.1 Å². The molecule has 0 bridgehead atoms.